The van der Waals surface area contributed by atoms with E-state index in [9.17, 15) is 4.79 Å². The Hall–Kier alpha value is -2.40. The highest BCUT2D eigenvalue weighted by molar-refractivity contribution is 6.33. The molecule has 3 aromatic rings. The Morgan fingerprint density at radius 1 is 1.35 bits per heavy atom. The summed E-state index contributed by atoms with van der Waals surface area (Å²) in [5.41, 5.74) is 2.45. The highest BCUT2D eigenvalue weighted by atomic mass is 35.5. The van der Waals surface area contributed by atoms with Crippen LogP contribution in [0.5, 0.6) is 0 Å². The van der Waals surface area contributed by atoms with Gasteiger partial charge in [-0.25, -0.2) is 4.98 Å². The number of halogens is 1. The van der Waals surface area contributed by atoms with E-state index in [2.05, 4.69) is 15.3 Å². The SMILES string of the molecule is CC(C)CNC(=O)c1ccc2oc(-c3ccncc3Cl)nc2c1. The van der Waals surface area contributed by atoms with Crippen LogP contribution in [0.15, 0.2) is 41.1 Å². The Morgan fingerprint density at radius 2 is 2.17 bits per heavy atom. The van der Waals surface area contributed by atoms with Crippen molar-refractivity contribution in [1.82, 2.24) is 15.3 Å². The molecule has 0 saturated heterocycles. The zero-order chi connectivity index (χ0) is 16.4. The van der Waals surface area contributed by atoms with Crippen molar-refractivity contribution in [3.63, 3.8) is 0 Å². The predicted octanol–water partition coefficient (Wildman–Crippen LogP) is 3.93. The fraction of sp³-hybridized carbons (Fsp3) is 0.235. The van der Waals surface area contributed by atoms with Crippen LogP contribution in [-0.2, 0) is 0 Å². The third kappa shape index (κ3) is 3.35. The Bertz CT molecular complexity index is 858. The van der Waals surface area contributed by atoms with Crippen LogP contribution >= 0.6 is 11.6 Å². The average Bonchev–Trinajstić information content (AvgIpc) is 2.95. The molecule has 2 aromatic heterocycles. The molecule has 5 nitrogen and oxygen atoms in total. The van der Waals surface area contributed by atoms with Gasteiger partial charge in [-0.05, 0) is 30.2 Å². The molecule has 0 aliphatic carbocycles. The molecule has 1 aromatic carbocycles. The number of nitrogens with one attached hydrogen (secondary N) is 1. The lowest BCUT2D eigenvalue weighted by atomic mass is 10.1. The number of hydrogen-bond acceptors (Lipinski definition) is 4. The lowest BCUT2D eigenvalue weighted by molar-refractivity contribution is 0.0949. The molecule has 0 atom stereocenters. The molecule has 0 spiro atoms. The summed E-state index contributed by atoms with van der Waals surface area (Å²) < 4.78 is 5.71. The number of carbonyl (C=O) groups is 1. The number of carbonyl (C=O) groups excluding carboxylic acids is 1. The van der Waals surface area contributed by atoms with E-state index in [-0.39, 0.29) is 5.91 Å². The molecule has 0 unspecified atom stereocenters. The molecule has 0 aliphatic rings. The van der Waals surface area contributed by atoms with Gasteiger partial charge in [-0.1, -0.05) is 25.4 Å². The van der Waals surface area contributed by atoms with E-state index in [0.717, 1.165) is 0 Å². The number of amides is 1. The lowest BCUT2D eigenvalue weighted by Gasteiger charge is -2.07. The smallest absolute Gasteiger partial charge is 0.251 e. The first-order chi connectivity index (χ1) is 11.0. The fourth-order valence-corrected chi connectivity index (χ4v) is 2.33. The van der Waals surface area contributed by atoms with Crippen LogP contribution in [0.4, 0.5) is 0 Å². The molecule has 1 N–H and O–H groups in total. The molecular weight excluding hydrogens is 314 g/mol. The van der Waals surface area contributed by atoms with Crippen LogP contribution in [0.2, 0.25) is 5.02 Å². The van der Waals surface area contributed by atoms with Crippen molar-refractivity contribution < 1.29 is 9.21 Å². The molecule has 0 bridgehead atoms. The van der Waals surface area contributed by atoms with Crippen LogP contribution in [0.1, 0.15) is 24.2 Å². The normalized spacial score (nSPS) is 11.1. The minimum absolute atomic E-state index is 0.118. The number of hydrogen-bond donors (Lipinski definition) is 1. The van der Waals surface area contributed by atoms with Crippen molar-refractivity contribution in [2.24, 2.45) is 5.92 Å². The summed E-state index contributed by atoms with van der Waals surface area (Å²) in [5.74, 6) is 0.689. The van der Waals surface area contributed by atoms with Crippen molar-refractivity contribution in [1.29, 1.82) is 0 Å². The van der Waals surface area contributed by atoms with Crippen molar-refractivity contribution in [3.05, 3.63) is 47.2 Å². The summed E-state index contributed by atoms with van der Waals surface area (Å²) in [4.78, 5) is 20.5. The highest BCUT2D eigenvalue weighted by Gasteiger charge is 2.14. The van der Waals surface area contributed by atoms with Gasteiger partial charge in [-0.2, -0.15) is 0 Å². The van der Waals surface area contributed by atoms with Gasteiger partial charge in [0, 0.05) is 24.5 Å². The Kier molecular flexibility index (Phi) is 4.30. The van der Waals surface area contributed by atoms with Gasteiger partial charge in [0.15, 0.2) is 5.58 Å². The number of benzene rings is 1. The third-order valence-corrected chi connectivity index (χ3v) is 3.62. The van der Waals surface area contributed by atoms with Crippen molar-refractivity contribution in [2.75, 3.05) is 6.54 Å². The largest absolute Gasteiger partial charge is 0.436 e. The molecule has 2 heterocycles. The summed E-state index contributed by atoms with van der Waals surface area (Å²) in [6.07, 6.45) is 3.16. The van der Waals surface area contributed by atoms with E-state index >= 15 is 0 Å². The molecule has 0 aliphatic heterocycles. The second kappa shape index (κ2) is 6.38. The van der Waals surface area contributed by atoms with E-state index in [1.54, 1.807) is 30.5 Å². The van der Waals surface area contributed by atoms with Gasteiger partial charge in [0.1, 0.15) is 5.52 Å². The van der Waals surface area contributed by atoms with Gasteiger partial charge in [0.2, 0.25) is 5.89 Å². The summed E-state index contributed by atoms with van der Waals surface area (Å²) in [5, 5.41) is 3.35. The quantitative estimate of drug-likeness (QED) is 0.787. The van der Waals surface area contributed by atoms with Crippen molar-refractivity contribution in [3.8, 4) is 11.5 Å². The van der Waals surface area contributed by atoms with Crippen LogP contribution in [-0.4, -0.2) is 22.4 Å². The molecule has 0 fully saturated rings. The zero-order valence-electron chi connectivity index (χ0n) is 12.8. The van der Waals surface area contributed by atoms with Gasteiger partial charge in [0.05, 0.1) is 10.6 Å². The van der Waals surface area contributed by atoms with Gasteiger partial charge < -0.3 is 9.73 Å². The number of nitrogens with zero attached hydrogens (tertiary/aromatic N) is 2. The average molecular weight is 330 g/mol. The summed E-state index contributed by atoms with van der Waals surface area (Å²) in [6, 6.07) is 6.92. The van der Waals surface area contributed by atoms with Gasteiger partial charge in [0.25, 0.3) is 5.91 Å². The van der Waals surface area contributed by atoms with E-state index in [0.29, 0.717) is 45.6 Å². The highest BCUT2D eigenvalue weighted by Crippen LogP contribution is 2.29. The van der Waals surface area contributed by atoms with Gasteiger partial charge in [-0.15, -0.1) is 0 Å². The van der Waals surface area contributed by atoms with Gasteiger partial charge in [-0.3, -0.25) is 9.78 Å². The second-order valence-corrected chi connectivity index (χ2v) is 6.07. The summed E-state index contributed by atoms with van der Waals surface area (Å²) in [7, 11) is 0. The number of pyridine rings is 1. The molecule has 0 saturated carbocycles. The third-order valence-electron chi connectivity index (χ3n) is 3.32. The molecule has 23 heavy (non-hydrogen) atoms. The number of oxazole rings is 1. The second-order valence-electron chi connectivity index (χ2n) is 5.66. The molecule has 0 radical (unpaired) electrons. The van der Waals surface area contributed by atoms with Gasteiger partial charge >= 0.3 is 0 Å². The first-order valence-corrected chi connectivity index (χ1v) is 7.71. The Morgan fingerprint density at radius 3 is 2.91 bits per heavy atom. The number of fused-ring (bicyclic) bond motifs is 1. The minimum Gasteiger partial charge on any atom is -0.436 e. The van der Waals surface area contributed by atoms with Crippen molar-refractivity contribution >= 4 is 28.6 Å². The topological polar surface area (TPSA) is 68.0 Å². The maximum absolute atomic E-state index is 12.1. The molecular formula is C17H16ClN3O2. The van der Waals surface area contributed by atoms with E-state index < -0.39 is 0 Å². The maximum atomic E-state index is 12.1. The first-order valence-electron chi connectivity index (χ1n) is 7.33. The van der Waals surface area contributed by atoms with Crippen LogP contribution in [0.25, 0.3) is 22.6 Å². The zero-order valence-corrected chi connectivity index (χ0v) is 13.6. The van der Waals surface area contributed by atoms with Crippen LogP contribution in [0.3, 0.4) is 0 Å². The van der Waals surface area contributed by atoms with Crippen LogP contribution < -0.4 is 5.32 Å². The monoisotopic (exact) mass is 329 g/mol. The van der Waals surface area contributed by atoms with Crippen molar-refractivity contribution in [2.45, 2.75) is 13.8 Å². The first kappa shape index (κ1) is 15.5. The van der Waals surface area contributed by atoms with E-state index in [4.69, 9.17) is 16.0 Å². The fourth-order valence-electron chi connectivity index (χ4n) is 2.13. The number of aromatic nitrogens is 2. The maximum Gasteiger partial charge on any atom is 0.251 e. The number of rotatable bonds is 4. The molecule has 3 rings (SSSR count). The van der Waals surface area contributed by atoms with E-state index in [1.165, 1.54) is 6.20 Å². The molecule has 1 amide bonds. The Balaban J connectivity index is 1.92. The summed E-state index contributed by atoms with van der Waals surface area (Å²) in [6.45, 7) is 4.73. The Labute approximate surface area is 138 Å². The lowest BCUT2D eigenvalue weighted by Crippen LogP contribution is -2.27. The molecule has 6 heteroatoms. The molecule has 118 valence electrons. The summed E-state index contributed by atoms with van der Waals surface area (Å²) >= 11 is 6.11. The standard InChI is InChI=1S/C17H16ClN3O2/c1-10(2)8-20-16(22)11-3-4-15-14(7-11)21-17(23-15)12-5-6-19-9-13(12)18/h3-7,9-10H,8H2,1-2H3,(H,20,22). The van der Waals surface area contributed by atoms with E-state index in [1.807, 2.05) is 13.8 Å². The predicted molar refractivity (Wildman–Crippen MR) is 89.4 cm³/mol. The minimum atomic E-state index is -0.118. The van der Waals surface area contributed by atoms with Crippen LogP contribution in [0, 0.1) is 5.92 Å².